The third-order valence-electron chi connectivity index (χ3n) is 4.47. The summed E-state index contributed by atoms with van der Waals surface area (Å²) in [5.41, 5.74) is 4.67. The van der Waals surface area contributed by atoms with Crippen LogP contribution in [-0.2, 0) is 0 Å². The molecule has 0 saturated heterocycles. The van der Waals surface area contributed by atoms with Crippen molar-refractivity contribution >= 4 is 27.5 Å². The molecule has 0 aliphatic rings. The van der Waals surface area contributed by atoms with Crippen LogP contribution in [0.5, 0.6) is 0 Å². The van der Waals surface area contributed by atoms with Crippen molar-refractivity contribution in [1.29, 1.82) is 0 Å². The average molecular weight is 447 g/mol. The number of anilines is 1. The van der Waals surface area contributed by atoms with Crippen LogP contribution in [0, 0.1) is 13.8 Å². The van der Waals surface area contributed by atoms with Crippen LogP contribution >= 0.6 is 15.9 Å². The van der Waals surface area contributed by atoms with Crippen molar-refractivity contribution in [2.24, 2.45) is 0 Å². The highest BCUT2D eigenvalue weighted by Gasteiger charge is 2.19. The van der Waals surface area contributed by atoms with Crippen LogP contribution in [0.25, 0.3) is 17.1 Å². The van der Waals surface area contributed by atoms with Crippen molar-refractivity contribution in [3.8, 4) is 17.1 Å². The molecule has 1 heterocycles. The lowest BCUT2D eigenvalue weighted by atomic mass is 10.1. The van der Waals surface area contributed by atoms with E-state index in [1.54, 1.807) is 4.68 Å². The van der Waals surface area contributed by atoms with Gasteiger partial charge in [-0.05, 0) is 56.3 Å². The molecule has 3 aromatic carbocycles. The number of aryl methyl sites for hydroxylation is 2. The number of hydrogen-bond acceptors (Lipinski definition) is 3. The monoisotopic (exact) mass is 446 g/mol. The molecule has 5 nitrogen and oxygen atoms in total. The van der Waals surface area contributed by atoms with E-state index in [2.05, 4.69) is 31.3 Å². The molecule has 1 aromatic heterocycles. The Labute approximate surface area is 177 Å². The predicted octanol–water partition coefficient (Wildman–Crippen LogP) is 5.57. The molecule has 1 amide bonds. The third-order valence-corrected chi connectivity index (χ3v) is 5.00. The summed E-state index contributed by atoms with van der Waals surface area (Å²) in [6, 6.07) is 23.3. The number of nitrogens with zero attached hydrogens (tertiary/aromatic N) is 3. The van der Waals surface area contributed by atoms with Gasteiger partial charge in [0.25, 0.3) is 5.91 Å². The van der Waals surface area contributed by atoms with Gasteiger partial charge in [-0.2, -0.15) is 0 Å². The Balaban J connectivity index is 1.75. The number of carbonyl (C=O) groups is 1. The second kappa shape index (κ2) is 8.01. The molecule has 0 aliphatic carbocycles. The van der Waals surface area contributed by atoms with Gasteiger partial charge in [-0.3, -0.25) is 4.79 Å². The highest BCUT2D eigenvalue weighted by molar-refractivity contribution is 9.10. The lowest BCUT2D eigenvalue weighted by molar-refractivity contribution is 0.101. The van der Waals surface area contributed by atoms with E-state index in [1.165, 1.54) is 0 Å². The molecule has 0 spiro atoms. The minimum atomic E-state index is -0.349. The maximum Gasteiger partial charge on any atom is 0.295 e. The van der Waals surface area contributed by atoms with Crippen molar-refractivity contribution in [2.45, 2.75) is 13.8 Å². The molecule has 0 aliphatic heterocycles. The predicted molar refractivity (Wildman–Crippen MR) is 118 cm³/mol. The van der Waals surface area contributed by atoms with Crippen LogP contribution in [0.4, 0.5) is 5.69 Å². The topological polar surface area (TPSA) is 59.8 Å². The molecule has 6 heteroatoms. The molecule has 4 aromatic rings. The maximum absolute atomic E-state index is 12.8. The van der Waals surface area contributed by atoms with Gasteiger partial charge in [-0.1, -0.05) is 57.4 Å². The Bertz CT molecular complexity index is 1160. The Hall–Kier alpha value is -3.25. The highest BCUT2D eigenvalue weighted by Crippen LogP contribution is 2.23. The van der Waals surface area contributed by atoms with Crippen LogP contribution < -0.4 is 5.32 Å². The molecule has 0 atom stereocenters. The Morgan fingerprint density at radius 2 is 1.66 bits per heavy atom. The fourth-order valence-electron chi connectivity index (χ4n) is 2.97. The van der Waals surface area contributed by atoms with Gasteiger partial charge in [-0.15, -0.1) is 5.10 Å². The molecule has 0 fully saturated rings. The molecule has 1 N–H and O–H groups in total. The zero-order valence-electron chi connectivity index (χ0n) is 16.1. The minimum Gasteiger partial charge on any atom is -0.319 e. The van der Waals surface area contributed by atoms with Crippen LogP contribution in [-0.4, -0.2) is 20.7 Å². The first-order valence-corrected chi connectivity index (χ1v) is 9.97. The minimum absolute atomic E-state index is 0.116. The number of aromatic nitrogens is 3. The van der Waals surface area contributed by atoms with Gasteiger partial charge in [-0.25, -0.2) is 9.67 Å². The lowest BCUT2D eigenvalue weighted by Crippen LogP contribution is -2.14. The molecule has 29 heavy (non-hydrogen) atoms. The number of amides is 1. The van der Waals surface area contributed by atoms with Crippen molar-refractivity contribution in [3.63, 3.8) is 0 Å². The van der Waals surface area contributed by atoms with E-state index < -0.39 is 0 Å². The number of halogens is 1. The first kappa shape index (κ1) is 19.1. The van der Waals surface area contributed by atoms with Crippen molar-refractivity contribution in [1.82, 2.24) is 14.8 Å². The van der Waals surface area contributed by atoms with E-state index in [4.69, 9.17) is 0 Å². The van der Waals surface area contributed by atoms with Gasteiger partial charge in [0.2, 0.25) is 5.82 Å². The molecule has 0 saturated carbocycles. The largest absolute Gasteiger partial charge is 0.319 e. The fraction of sp³-hybridized carbons (Fsp3) is 0.0870. The summed E-state index contributed by atoms with van der Waals surface area (Å²) in [5.74, 6) is 0.383. The summed E-state index contributed by atoms with van der Waals surface area (Å²) >= 11 is 3.45. The Morgan fingerprint density at radius 1 is 0.931 bits per heavy atom. The van der Waals surface area contributed by atoms with Gasteiger partial charge < -0.3 is 5.32 Å². The zero-order valence-corrected chi connectivity index (χ0v) is 17.6. The summed E-state index contributed by atoms with van der Waals surface area (Å²) in [6.45, 7) is 4.02. The van der Waals surface area contributed by atoms with Crippen LogP contribution in [0.1, 0.15) is 21.7 Å². The number of benzene rings is 3. The van der Waals surface area contributed by atoms with Gasteiger partial charge >= 0.3 is 0 Å². The SMILES string of the molecule is Cc1ccc(NC(=O)c2nc(-c3cccc(C)c3)n(-c3ccc(Br)cc3)n2)cc1. The Morgan fingerprint density at radius 3 is 2.34 bits per heavy atom. The van der Waals surface area contributed by atoms with Crippen LogP contribution in [0.15, 0.2) is 77.3 Å². The van der Waals surface area contributed by atoms with E-state index >= 15 is 0 Å². The Kier molecular flexibility index (Phi) is 5.27. The third kappa shape index (κ3) is 4.27. The molecular formula is C23H19BrN4O. The first-order chi connectivity index (χ1) is 14.0. The molecule has 0 radical (unpaired) electrons. The second-order valence-electron chi connectivity index (χ2n) is 6.84. The van der Waals surface area contributed by atoms with Crippen molar-refractivity contribution in [2.75, 3.05) is 5.32 Å². The normalized spacial score (nSPS) is 10.7. The average Bonchev–Trinajstić information content (AvgIpc) is 3.16. The molecule has 144 valence electrons. The van der Waals surface area contributed by atoms with Gasteiger partial charge in [0, 0.05) is 15.7 Å². The molecule has 4 rings (SSSR count). The molecule has 0 unspecified atom stereocenters. The molecular weight excluding hydrogens is 428 g/mol. The number of hydrogen-bond donors (Lipinski definition) is 1. The quantitative estimate of drug-likeness (QED) is 0.445. The summed E-state index contributed by atoms with van der Waals surface area (Å²) in [7, 11) is 0. The van der Waals surface area contributed by atoms with Gasteiger partial charge in [0.05, 0.1) is 5.69 Å². The zero-order chi connectivity index (χ0) is 20.4. The smallest absolute Gasteiger partial charge is 0.295 e. The highest BCUT2D eigenvalue weighted by atomic mass is 79.9. The molecule has 0 bridgehead atoms. The number of carbonyl (C=O) groups excluding carboxylic acids is 1. The summed E-state index contributed by atoms with van der Waals surface area (Å²) in [6.07, 6.45) is 0. The summed E-state index contributed by atoms with van der Waals surface area (Å²) in [4.78, 5) is 17.4. The number of nitrogens with one attached hydrogen (secondary N) is 1. The van der Waals surface area contributed by atoms with Crippen LogP contribution in [0.2, 0.25) is 0 Å². The summed E-state index contributed by atoms with van der Waals surface area (Å²) < 4.78 is 2.67. The standard InChI is InChI=1S/C23H19BrN4O/c1-15-6-10-19(11-7-15)25-23(29)21-26-22(17-5-3-4-16(2)14-17)28(27-21)20-12-8-18(24)9-13-20/h3-14H,1-2H3,(H,25,29). The second-order valence-corrected chi connectivity index (χ2v) is 7.75. The van der Waals surface area contributed by atoms with E-state index in [9.17, 15) is 4.79 Å². The van der Waals surface area contributed by atoms with Gasteiger partial charge in [0.15, 0.2) is 5.82 Å². The lowest BCUT2D eigenvalue weighted by Gasteiger charge is -2.06. The van der Waals surface area contributed by atoms with E-state index in [1.807, 2.05) is 86.6 Å². The van der Waals surface area contributed by atoms with Crippen molar-refractivity contribution < 1.29 is 4.79 Å². The van der Waals surface area contributed by atoms with Gasteiger partial charge in [0.1, 0.15) is 0 Å². The number of rotatable bonds is 4. The van der Waals surface area contributed by atoms with E-state index in [-0.39, 0.29) is 11.7 Å². The van der Waals surface area contributed by atoms with E-state index in [0.717, 1.165) is 26.9 Å². The van der Waals surface area contributed by atoms with Crippen molar-refractivity contribution in [3.05, 3.63) is 94.2 Å². The van der Waals surface area contributed by atoms with Crippen LogP contribution in [0.3, 0.4) is 0 Å². The van der Waals surface area contributed by atoms with E-state index in [0.29, 0.717) is 11.5 Å². The maximum atomic E-state index is 12.8. The summed E-state index contributed by atoms with van der Waals surface area (Å²) in [5, 5.41) is 7.37. The fourth-order valence-corrected chi connectivity index (χ4v) is 3.23. The first-order valence-electron chi connectivity index (χ1n) is 9.18.